The van der Waals surface area contributed by atoms with Crippen molar-refractivity contribution in [1.29, 1.82) is 0 Å². The SMILES string of the molecule is CCNCc1ccc(S(=O)(=O)NC2CCC(C)C2)c(Br)c1. The van der Waals surface area contributed by atoms with Gasteiger partial charge in [-0.05, 0) is 65.4 Å². The van der Waals surface area contributed by atoms with Crippen LogP contribution in [-0.4, -0.2) is 21.0 Å². The molecule has 1 aliphatic carbocycles. The smallest absolute Gasteiger partial charge is 0.241 e. The average molecular weight is 375 g/mol. The standard InChI is InChI=1S/C15H23BrN2O2S/c1-3-17-10-12-5-7-15(14(16)9-12)21(19,20)18-13-6-4-11(2)8-13/h5,7,9,11,13,17-18H,3-4,6,8,10H2,1-2H3. The molecule has 0 aromatic heterocycles. The molecule has 2 atom stereocenters. The fraction of sp³-hybridized carbons (Fsp3) is 0.600. The van der Waals surface area contributed by atoms with Crippen LogP contribution < -0.4 is 10.0 Å². The molecule has 1 fully saturated rings. The molecule has 0 aliphatic heterocycles. The highest BCUT2D eigenvalue weighted by Crippen LogP contribution is 2.28. The number of rotatable bonds is 6. The van der Waals surface area contributed by atoms with Crippen molar-refractivity contribution in [3.8, 4) is 0 Å². The number of nitrogens with one attached hydrogen (secondary N) is 2. The third-order valence-electron chi connectivity index (χ3n) is 3.88. The molecule has 2 rings (SSSR count). The maximum atomic E-state index is 12.5. The molecule has 1 aromatic carbocycles. The highest BCUT2D eigenvalue weighted by molar-refractivity contribution is 9.10. The van der Waals surface area contributed by atoms with Gasteiger partial charge < -0.3 is 5.32 Å². The summed E-state index contributed by atoms with van der Waals surface area (Å²) in [5.74, 6) is 0.601. The molecule has 0 bridgehead atoms. The fourth-order valence-corrected chi connectivity index (χ4v) is 5.15. The Bertz CT molecular complexity index is 589. The topological polar surface area (TPSA) is 58.2 Å². The van der Waals surface area contributed by atoms with E-state index < -0.39 is 10.0 Å². The number of hydrogen-bond donors (Lipinski definition) is 2. The van der Waals surface area contributed by atoms with Gasteiger partial charge in [0.15, 0.2) is 0 Å². The summed E-state index contributed by atoms with van der Waals surface area (Å²) in [6.45, 7) is 5.84. The van der Waals surface area contributed by atoms with E-state index >= 15 is 0 Å². The van der Waals surface area contributed by atoms with Crippen molar-refractivity contribution in [1.82, 2.24) is 10.0 Å². The summed E-state index contributed by atoms with van der Waals surface area (Å²) in [7, 11) is -3.45. The van der Waals surface area contributed by atoms with Gasteiger partial charge in [0.1, 0.15) is 0 Å². The molecule has 1 aromatic rings. The lowest BCUT2D eigenvalue weighted by molar-refractivity contribution is 0.538. The van der Waals surface area contributed by atoms with Crippen LogP contribution in [0.3, 0.4) is 0 Å². The molecule has 2 unspecified atom stereocenters. The van der Waals surface area contributed by atoms with Crippen molar-refractivity contribution in [2.75, 3.05) is 6.54 Å². The molecule has 2 N–H and O–H groups in total. The Morgan fingerprint density at radius 1 is 1.33 bits per heavy atom. The van der Waals surface area contributed by atoms with Crippen molar-refractivity contribution < 1.29 is 8.42 Å². The second kappa shape index (κ2) is 7.22. The van der Waals surface area contributed by atoms with E-state index in [1.54, 1.807) is 6.07 Å². The quantitative estimate of drug-likeness (QED) is 0.804. The van der Waals surface area contributed by atoms with Gasteiger partial charge >= 0.3 is 0 Å². The first-order chi connectivity index (χ1) is 9.92. The number of sulfonamides is 1. The fourth-order valence-electron chi connectivity index (χ4n) is 2.74. The molecule has 0 saturated heterocycles. The third kappa shape index (κ3) is 4.52. The van der Waals surface area contributed by atoms with Gasteiger partial charge in [0.25, 0.3) is 0 Å². The van der Waals surface area contributed by atoms with Crippen LogP contribution in [0.5, 0.6) is 0 Å². The van der Waals surface area contributed by atoms with E-state index in [-0.39, 0.29) is 6.04 Å². The van der Waals surface area contributed by atoms with Crippen LogP contribution in [0.2, 0.25) is 0 Å². The lowest BCUT2D eigenvalue weighted by Gasteiger charge is -2.14. The molecule has 1 aliphatic rings. The first-order valence-electron chi connectivity index (χ1n) is 7.44. The average Bonchev–Trinajstić information content (AvgIpc) is 2.80. The van der Waals surface area contributed by atoms with Gasteiger partial charge in [0.2, 0.25) is 10.0 Å². The molecule has 1 saturated carbocycles. The molecular formula is C15H23BrN2O2S. The zero-order valence-electron chi connectivity index (χ0n) is 12.5. The Hall–Kier alpha value is -0.430. The summed E-state index contributed by atoms with van der Waals surface area (Å²) in [4.78, 5) is 0.322. The minimum atomic E-state index is -3.45. The Morgan fingerprint density at radius 3 is 2.67 bits per heavy atom. The predicted molar refractivity (Wildman–Crippen MR) is 88.6 cm³/mol. The number of halogens is 1. The summed E-state index contributed by atoms with van der Waals surface area (Å²) < 4.78 is 28.4. The first-order valence-corrected chi connectivity index (χ1v) is 9.71. The molecule has 0 amide bonds. The van der Waals surface area contributed by atoms with Crippen LogP contribution in [-0.2, 0) is 16.6 Å². The highest BCUT2D eigenvalue weighted by atomic mass is 79.9. The van der Waals surface area contributed by atoms with Gasteiger partial charge in [-0.1, -0.05) is 19.9 Å². The van der Waals surface area contributed by atoms with E-state index in [0.717, 1.165) is 37.9 Å². The number of hydrogen-bond acceptors (Lipinski definition) is 3. The van der Waals surface area contributed by atoms with Crippen LogP contribution in [0.25, 0.3) is 0 Å². The summed E-state index contributed by atoms with van der Waals surface area (Å²) >= 11 is 3.39. The largest absolute Gasteiger partial charge is 0.313 e. The Morgan fingerprint density at radius 2 is 2.10 bits per heavy atom. The zero-order valence-corrected chi connectivity index (χ0v) is 14.9. The third-order valence-corrected chi connectivity index (χ3v) is 6.38. The summed E-state index contributed by atoms with van der Waals surface area (Å²) in [6, 6.07) is 5.48. The van der Waals surface area contributed by atoms with Gasteiger partial charge in [-0.3, -0.25) is 0 Å². The predicted octanol–water partition coefficient (Wildman–Crippen LogP) is 3.03. The van der Waals surface area contributed by atoms with Crippen LogP contribution in [0.1, 0.15) is 38.7 Å². The van der Waals surface area contributed by atoms with E-state index in [2.05, 4.69) is 32.9 Å². The van der Waals surface area contributed by atoms with Crippen LogP contribution >= 0.6 is 15.9 Å². The highest BCUT2D eigenvalue weighted by Gasteiger charge is 2.27. The van der Waals surface area contributed by atoms with Crippen molar-refractivity contribution >= 4 is 26.0 Å². The van der Waals surface area contributed by atoms with E-state index in [4.69, 9.17) is 0 Å². The molecule has 6 heteroatoms. The van der Waals surface area contributed by atoms with Crippen molar-refractivity contribution in [2.45, 2.75) is 50.6 Å². The lowest BCUT2D eigenvalue weighted by Crippen LogP contribution is -2.33. The van der Waals surface area contributed by atoms with Crippen LogP contribution in [0.15, 0.2) is 27.6 Å². The zero-order chi connectivity index (χ0) is 15.5. The Balaban J connectivity index is 2.12. The second-order valence-electron chi connectivity index (χ2n) is 5.78. The van der Waals surface area contributed by atoms with Gasteiger partial charge in [-0.25, -0.2) is 13.1 Å². The molecule has 118 valence electrons. The minimum absolute atomic E-state index is 0.0679. The van der Waals surface area contributed by atoms with Gasteiger partial charge in [-0.15, -0.1) is 0 Å². The maximum absolute atomic E-state index is 12.5. The maximum Gasteiger partial charge on any atom is 0.241 e. The van der Waals surface area contributed by atoms with Crippen molar-refractivity contribution in [2.24, 2.45) is 5.92 Å². The summed E-state index contributed by atoms with van der Waals surface area (Å²) in [5, 5.41) is 3.23. The molecule has 0 heterocycles. The second-order valence-corrected chi connectivity index (χ2v) is 8.32. The van der Waals surface area contributed by atoms with E-state index in [1.165, 1.54) is 0 Å². The van der Waals surface area contributed by atoms with E-state index in [9.17, 15) is 8.42 Å². The normalized spacial score (nSPS) is 22.6. The lowest BCUT2D eigenvalue weighted by atomic mass is 10.1. The molecule has 0 radical (unpaired) electrons. The van der Waals surface area contributed by atoms with E-state index in [0.29, 0.717) is 15.3 Å². The minimum Gasteiger partial charge on any atom is -0.313 e. The van der Waals surface area contributed by atoms with Gasteiger partial charge in [0, 0.05) is 17.1 Å². The molecule has 4 nitrogen and oxygen atoms in total. The first kappa shape index (κ1) is 16.9. The van der Waals surface area contributed by atoms with E-state index in [1.807, 2.05) is 19.1 Å². The van der Waals surface area contributed by atoms with Gasteiger partial charge in [-0.2, -0.15) is 0 Å². The summed E-state index contributed by atoms with van der Waals surface area (Å²) in [6.07, 6.45) is 2.95. The van der Waals surface area contributed by atoms with Crippen molar-refractivity contribution in [3.63, 3.8) is 0 Å². The van der Waals surface area contributed by atoms with Crippen LogP contribution in [0.4, 0.5) is 0 Å². The molecule has 0 spiro atoms. The summed E-state index contributed by atoms with van der Waals surface area (Å²) in [5.41, 5.74) is 1.07. The molecule has 21 heavy (non-hydrogen) atoms. The number of benzene rings is 1. The van der Waals surface area contributed by atoms with Crippen LogP contribution in [0, 0.1) is 5.92 Å². The van der Waals surface area contributed by atoms with Crippen molar-refractivity contribution in [3.05, 3.63) is 28.2 Å². The molecular weight excluding hydrogens is 352 g/mol. The Kier molecular flexibility index (Phi) is 5.82. The Labute approximate surface area is 135 Å². The monoisotopic (exact) mass is 374 g/mol. The van der Waals surface area contributed by atoms with Gasteiger partial charge in [0.05, 0.1) is 4.90 Å².